The zero-order valence-corrected chi connectivity index (χ0v) is 14.7. The molecule has 6 heteroatoms. The lowest BCUT2D eigenvalue weighted by Crippen LogP contribution is -2.36. The Labute approximate surface area is 143 Å². The molecule has 24 heavy (non-hydrogen) atoms. The SMILES string of the molecule is Cc1ccc(OCC(=O)NCCNC(=O)CC#N)c(C(C)(C)C)c1. The van der Waals surface area contributed by atoms with Crippen LogP contribution in [0.1, 0.15) is 38.3 Å². The van der Waals surface area contributed by atoms with E-state index in [9.17, 15) is 9.59 Å². The molecule has 0 aliphatic carbocycles. The summed E-state index contributed by atoms with van der Waals surface area (Å²) in [5.74, 6) is 0.0908. The molecular formula is C18H25N3O3. The Balaban J connectivity index is 2.45. The highest BCUT2D eigenvalue weighted by atomic mass is 16.5. The molecule has 0 aromatic heterocycles. The molecule has 1 aromatic carbocycles. The van der Waals surface area contributed by atoms with Crippen LogP contribution in [0.4, 0.5) is 0 Å². The van der Waals surface area contributed by atoms with Crippen molar-refractivity contribution < 1.29 is 14.3 Å². The van der Waals surface area contributed by atoms with Crippen LogP contribution in [0.5, 0.6) is 5.75 Å². The van der Waals surface area contributed by atoms with Gasteiger partial charge in [-0.2, -0.15) is 5.26 Å². The Hall–Kier alpha value is -2.55. The molecule has 130 valence electrons. The quantitative estimate of drug-likeness (QED) is 0.746. The van der Waals surface area contributed by atoms with Gasteiger partial charge in [-0.25, -0.2) is 0 Å². The molecule has 0 radical (unpaired) electrons. The number of amides is 2. The maximum absolute atomic E-state index is 11.8. The standard InChI is InChI=1S/C18H25N3O3/c1-13-5-6-15(14(11-13)18(2,3)4)24-12-17(23)21-10-9-20-16(22)7-8-19/h5-6,11H,7,9-10,12H2,1-4H3,(H,20,22)(H,21,23). The first-order valence-electron chi connectivity index (χ1n) is 7.88. The van der Waals surface area contributed by atoms with Crippen LogP contribution in [0.15, 0.2) is 18.2 Å². The third-order valence-electron chi connectivity index (χ3n) is 3.31. The van der Waals surface area contributed by atoms with E-state index in [2.05, 4.69) is 37.5 Å². The fourth-order valence-electron chi connectivity index (χ4n) is 2.09. The van der Waals surface area contributed by atoms with Crippen LogP contribution < -0.4 is 15.4 Å². The summed E-state index contributed by atoms with van der Waals surface area (Å²) >= 11 is 0. The Morgan fingerprint density at radius 2 is 1.79 bits per heavy atom. The maximum atomic E-state index is 11.8. The second-order valence-electron chi connectivity index (χ2n) is 6.57. The molecule has 1 rings (SSSR count). The molecule has 0 saturated heterocycles. The number of hydrogen-bond acceptors (Lipinski definition) is 4. The lowest BCUT2D eigenvalue weighted by molar-refractivity contribution is -0.123. The lowest BCUT2D eigenvalue weighted by Gasteiger charge is -2.23. The average molecular weight is 331 g/mol. The highest BCUT2D eigenvalue weighted by Gasteiger charge is 2.19. The first-order valence-corrected chi connectivity index (χ1v) is 7.88. The van der Waals surface area contributed by atoms with Gasteiger partial charge < -0.3 is 15.4 Å². The Morgan fingerprint density at radius 3 is 2.38 bits per heavy atom. The second-order valence-corrected chi connectivity index (χ2v) is 6.57. The predicted molar refractivity (Wildman–Crippen MR) is 91.6 cm³/mol. The molecule has 0 unspecified atom stereocenters. The van der Waals surface area contributed by atoms with Gasteiger partial charge in [0.1, 0.15) is 12.2 Å². The summed E-state index contributed by atoms with van der Waals surface area (Å²) in [6, 6.07) is 7.66. The number of carbonyl (C=O) groups is 2. The van der Waals surface area contributed by atoms with Gasteiger partial charge in [0.15, 0.2) is 6.61 Å². The number of rotatable bonds is 7. The number of nitriles is 1. The molecule has 1 aromatic rings. The van der Waals surface area contributed by atoms with E-state index in [0.29, 0.717) is 12.3 Å². The van der Waals surface area contributed by atoms with Crippen LogP contribution in [-0.2, 0) is 15.0 Å². The van der Waals surface area contributed by atoms with Crippen LogP contribution in [-0.4, -0.2) is 31.5 Å². The molecule has 0 bridgehead atoms. The zero-order chi connectivity index (χ0) is 18.2. The molecule has 0 atom stereocenters. The molecule has 2 amide bonds. The molecular weight excluding hydrogens is 306 g/mol. The highest BCUT2D eigenvalue weighted by Crippen LogP contribution is 2.32. The predicted octanol–water partition coefficient (Wildman–Crippen LogP) is 1.82. The van der Waals surface area contributed by atoms with Crippen molar-refractivity contribution in [3.63, 3.8) is 0 Å². The van der Waals surface area contributed by atoms with Gasteiger partial charge in [0.25, 0.3) is 5.91 Å². The fourth-order valence-corrected chi connectivity index (χ4v) is 2.09. The van der Waals surface area contributed by atoms with Crippen LogP contribution >= 0.6 is 0 Å². The average Bonchev–Trinajstić information content (AvgIpc) is 2.49. The van der Waals surface area contributed by atoms with Gasteiger partial charge in [0.05, 0.1) is 6.07 Å². The number of ether oxygens (including phenoxy) is 1. The number of benzene rings is 1. The normalized spacial score (nSPS) is 10.6. The van der Waals surface area contributed by atoms with E-state index in [0.717, 1.165) is 11.1 Å². The summed E-state index contributed by atoms with van der Waals surface area (Å²) in [5, 5.41) is 13.5. The van der Waals surface area contributed by atoms with E-state index in [4.69, 9.17) is 10.00 Å². The third-order valence-corrected chi connectivity index (χ3v) is 3.31. The minimum atomic E-state index is -0.350. The minimum Gasteiger partial charge on any atom is -0.483 e. The third kappa shape index (κ3) is 6.69. The second kappa shape index (κ2) is 8.92. The monoisotopic (exact) mass is 331 g/mol. The van der Waals surface area contributed by atoms with Gasteiger partial charge in [0.2, 0.25) is 5.91 Å². The van der Waals surface area contributed by atoms with E-state index in [1.807, 2.05) is 19.1 Å². The largest absolute Gasteiger partial charge is 0.483 e. The van der Waals surface area contributed by atoms with Gasteiger partial charge in [0, 0.05) is 13.1 Å². The molecule has 0 fully saturated rings. The van der Waals surface area contributed by atoms with Gasteiger partial charge in [-0.3, -0.25) is 9.59 Å². The first-order chi connectivity index (χ1) is 11.2. The summed E-state index contributed by atoms with van der Waals surface area (Å²) < 4.78 is 5.65. The molecule has 2 N–H and O–H groups in total. The van der Waals surface area contributed by atoms with Gasteiger partial charge in [-0.15, -0.1) is 0 Å². The summed E-state index contributed by atoms with van der Waals surface area (Å²) in [6.45, 7) is 8.80. The number of nitrogens with one attached hydrogen (secondary N) is 2. The molecule has 0 aliphatic heterocycles. The fraction of sp³-hybridized carbons (Fsp3) is 0.500. The number of hydrogen-bond donors (Lipinski definition) is 2. The first kappa shape index (κ1) is 19.5. The summed E-state index contributed by atoms with van der Waals surface area (Å²) in [4.78, 5) is 22.9. The smallest absolute Gasteiger partial charge is 0.258 e. The van der Waals surface area contributed by atoms with Crippen molar-refractivity contribution in [2.45, 2.75) is 39.5 Å². The van der Waals surface area contributed by atoms with E-state index in [1.54, 1.807) is 6.07 Å². The lowest BCUT2D eigenvalue weighted by atomic mass is 9.85. The van der Waals surface area contributed by atoms with E-state index in [-0.39, 0.29) is 36.8 Å². The summed E-state index contributed by atoms with van der Waals surface area (Å²) in [7, 11) is 0. The zero-order valence-electron chi connectivity index (χ0n) is 14.7. The van der Waals surface area contributed by atoms with Crippen molar-refractivity contribution in [2.75, 3.05) is 19.7 Å². The van der Waals surface area contributed by atoms with Gasteiger partial charge in [-0.1, -0.05) is 38.5 Å². The summed E-state index contributed by atoms with van der Waals surface area (Å²) in [6.07, 6.45) is -0.180. The van der Waals surface area contributed by atoms with Crippen LogP contribution in [0, 0.1) is 18.3 Å². The Kier molecular flexibility index (Phi) is 7.25. The Morgan fingerprint density at radius 1 is 1.17 bits per heavy atom. The number of carbonyl (C=O) groups excluding carboxylic acids is 2. The van der Waals surface area contributed by atoms with Crippen molar-refractivity contribution in [2.24, 2.45) is 0 Å². The van der Waals surface area contributed by atoms with Crippen molar-refractivity contribution in [1.29, 1.82) is 5.26 Å². The van der Waals surface area contributed by atoms with Crippen molar-refractivity contribution in [3.05, 3.63) is 29.3 Å². The molecule has 0 saturated carbocycles. The van der Waals surface area contributed by atoms with Crippen molar-refractivity contribution in [1.82, 2.24) is 10.6 Å². The maximum Gasteiger partial charge on any atom is 0.258 e. The summed E-state index contributed by atoms with van der Waals surface area (Å²) in [5.41, 5.74) is 2.12. The molecule has 0 aliphatic rings. The van der Waals surface area contributed by atoms with E-state index in [1.165, 1.54) is 0 Å². The van der Waals surface area contributed by atoms with E-state index >= 15 is 0 Å². The van der Waals surface area contributed by atoms with Gasteiger partial charge in [-0.05, 0) is 24.0 Å². The highest BCUT2D eigenvalue weighted by molar-refractivity contribution is 5.79. The molecule has 0 spiro atoms. The molecule has 6 nitrogen and oxygen atoms in total. The number of aryl methyl sites for hydroxylation is 1. The van der Waals surface area contributed by atoms with Crippen LogP contribution in [0.2, 0.25) is 0 Å². The van der Waals surface area contributed by atoms with Crippen LogP contribution in [0.3, 0.4) is 0 Å². The van der Waals surface area contributed by atoms with Crippen LogP contribution in [0.25, 0.3) is 0 Å². The number of nitrogens with zero attached hydrogens (tertiary/aromatic N) is 1. The topological polar surface area (TPSA) is 91.2 Å². The van der Waals surface area contributed by atoms with Gasteiger partial charge >= 0.3 is 0 Å². The van der Waals surface area contributed by atoms with E-state index < -0.39 is 0 Å². The van der Waals surface area contributed by atoms with Crippen molar-refractivity contribution in [3.8, 4) is 11.8 Å². The van der Waals surface area contributed by atoms with Crippen molar-refractivity contribution >= 4 is 11.8 Å². The Bertz CT molecular complexity index is 627. The molecule has 0 heterocycles. The minimum absolute atomic E-state index is 0.0805.